The van der Waals surface area contributed by atoms with Crippen molar-refractivity contribution in [3.63, 3.8) is 0 Å². The van der Waals surface area contributed by atoms with Crippen LogP contribution in [0.25, 0.3) is 11.1 Å². The van der Waals surface area contributed by atoms with Gasteiger partial charge in [0.15, 0.2) is 6.04 Å². The van der Waals surface area contributed by atoms with Gasteiger partial charge >= 0.3 is 0 Å². The zero-order chi connectivity index (χ0) is 23.8. The number of aromatic nitrogens is 1. The average molecular weight is 448 g/mol. The average Bonchev–Trinajstić information content (AvgIpc) is 2.87. The standard InChI is InChI=1S/C24H24N4O5/c1-28(21(23(30)27-32)22(29)26-15-19-5-3-4-14-25-19)24(31)18-8-6-16(7-9-18)17-10-12-20(33-2)13-11-17/h3-14,21,32H,15H2,1-2H3,(H,26,29)(H,27,30). The van der Waals surface area contributed by atoms with E-state index in [2.05, 4.69) is 10.3 Å². The normalized spacial score (nSPS) is 11.2. The number of rotatable bonds is 8. The third-order valence-corrected chi connectivity index (χ3v) is 5.04. The van der Waals surface area contributed by atoms with Gasteiger partial charge in [-0.05, 0) is 47.5 Å². The van der Waals surface area contributed by atoms with Gasteiger partial charge in [-0.2, -0.15) is 0 Å². The molecular formula is C24H24N4O5. The van der Waals surface area contributed by atoms with Crippen LogP contribution in [0.2, 0.25) is 0 Å². The molecule has 1 atom stereocenters. The number of benzene rings is 2. The molecule has 0 radical (unpaired) electrons. The monoisotopic (exact) mass is 448 g/mol. The summed E-state index contributed by atoms with van der Waals surface area (Å²) in [6.07, 6.45) is 1.57. The molecule has 9 heteroatoms. The molecule has 0 spiro atoms. The van der Waals surface area contributed by atoms with Crippen molar-refractivity contribution in [3.05, 3.63) is 84.2 Å². The van der Waals surface area contributed by atoms with Gasteiger partial charge in [-0.25, -0.2) is 5.48 Å². The van der Waals surface area contributed by atoms with Crippen LogP contribution in [0.15, 0.2) is 72.9 Å². The fourth-order valence-corrected chi connectivity index (χ4v) is 3.22. The summed E-state index contributed by atoms with van der Waals surface area (Å²) in [5.41, 5.74) is 4.14. The largest absolute Gasteiger partial charge is 0.497 e. The Kier molecular flexibility index (Phi) is 7.72. The topological polar surface area (TPSA) is 121 Å². The second-order valence-electron chi connectivity index (χ2n) is 7.14. The molecule has 0 fully saturated rings. The van der Waals surface area contributed by atoms with E-state index in [-0.39, 0.29) is 12.1 Å². The molecule has 0 bridgehead atoms. The van der Waals surface area contributed by atoms with Crippen LogP contribution in [0.5, 0.6) is 5.75 Å². The van der Waals surface area contributed by atoms with Crippen molar-refractivity contribution in [2.75, 3.05) is 14.2 Å². The van der Waals surface area contributed by atoms with Crippen molar-refractivity contribution in [1.82, 2.24) is 20.7 Å². The van der Waals surface area contributed by atoms with Crippen molar-refractivity contribution in [2.24, 2.45) is 0 Å². The maximum Gasteiger partial charge on any atom is 0.275 e. The zero-order valence-electron chi connectivity index (χ0n) is 18.2. The SMILES string of the molecule is COc1ccc(-c2ccc(C(=O)N(C)C(C(=O)NO)C(=O)NCc3ccccn3)cc2)cc1. The molecule has 0 aliphatic carbocycles. The fraction of sp³-hybridized carbons (Fsp3) is 0.167. The van der Waals surface area contributed by atoms with Gasteiger partial charge in [0.05, 0.1) is 19.3 Å². The van der Waals surface area contributed by atoms with Crippen molar-refractivity contribution in [2.45, 2.75) is 12.6 Å². The van der Waals surface area contributed by atoms with E-state index in [9.17, 15) is 14.4 Å². The lowest BCUT2D eigenvalue weighted by Gasteiger charge is -2.25. The molecule has 3 aromatic rings. The minimum absolute atomic E-state index is 0.0630. The number of hydrogen-bond donors (Lipinski definition) is 3. The Morgan fingerprint density at radius 2 is 1.61 bits per heavy atom. The molecule has 3 N–H and O–H groups in total. The van der Waals surface area contributed by atoms with E-state index in [0.29, 0.717) is 5.69 Å². The van der Waals surface area contributed by atoms with E-state index < -0.39 is 23.8 Å². The smallest absolute Gasteiger partial charge is 0.275 e. The predicted octanol–water partition coefficient (Wildman–Crippen LogP) is 2.02. The number of methoxy groups -OCH3 is 1. The maximum absolute atomic E-state index is 13.0. The zero-order valence-corrected chi connectivity index (χ0v) is 18.2. The van der Waals surface area contributed by atoms with E-state index in [0.717, 1.165) is 21.8 Å². The highest BCUT2D eigenvalue weighted by Crippen LogP contribution is 2.23. The highest BCUT2D eigenvalue weighted by molar-refractivity contribution is 6.08. The number of pyridine rings is 1. The molecule has 33 heavy (non-hydrogen) atoms. The summed E-state index contributed by atoms with van der Waals surface area (Å²) in [6.45, 7) is 0.0630. The summed E-state index contributed by atoms with van der Waals surface area (Å²) in [5, 5.41) is 11.7. The Hall–Kier alpha value is -4.24. The number of nitrogens with zero attached hydrogens (tertiary/aromatic N) is 2. The van der Waals surface area contributed by atoms with E-state index >= 15 is 0 Å². The van der Waals surface area contributed by atoms with Gasteiger partial charge in [-0.1, -0.05) is 30.3 Å². The summed E-state index contributed by atoms with van der Waals surface area (Å²) >= 11 is 0. The summed E-state index contributed by atoms with van der Waals surface area (Å²) in [6, 6.07) is 17.9. The van der Waals surface area contributed by atoms with Gasteiger partial charge in [0, 0.05) is 18.8 Å². The highest BCUT2D eigenvalue weighted by Gasteiger charge is 2.34. The Morgan fingerprint density at radius 1 is 0.970 bits per heavy atom. The second kappa shape index (κ2) is 10.9. The predicted molar refractivity (Wildman–Crippen MR) is 120 cm³/mol. The van der Waals surface area contributed by atoms with Gasteiger partial charge in [0.2, 0.25) is 0 Å². The van der Waals surface area contributed by atoms with Crippen molar-refractivity contribution in [1.29, 1.82) is 0 Å². The van der Waals surface area contributed by atoms with Crippen LogP contribution in [0.4, 0.5) is 0 Å². The first-order valence-corrected chi connectivity index (χ1v) is 10.1. The fourth-order valence-electron chi connectivity index (χ4n) is 3.22. The highest BCUT2D eigenvalue weighted by atomic mass is 16.5. The van der Waals surface area contributed by atoms with Crippen LogP contribution >= 0.6 is 0 Å². The van der Waals surface area contributed by atoms with E-state index in [4.69, 9.17) is 9.94 Å². The van der Waals surface area contributed by atoms with Crippen LogP contribution in [-0.4, -0.2) is 53.0 Å². The molecule has 0 aliphatic heterocycles. The summed E-state index contributed by atoms with van der Waals surface area (Å²) < 4.78 is 5.16. The first-order chi connectivity index (χ1) is 15.9. The van der Waals surface area contributed by atoms with Crippen molar-refractivity contribution in [3.8, 4) is 16.9 Å². The Balaban J connectivity index is 1.73. The Morgan fingerprint density at radius 3 is 2.15 bits per heavy atom. The number of hydrogen-bond acceptors (Lipinski definition) is 6. The summed E-state index contributed by atoms with van der Waals surface area (Å²) in [5.74, 6) is -1.60. The molecule has 170 valence electrons. The first-order valence-electron chi connectivity index (χ1n) is 10.1. The number of amides is 3. The number of carbonyl (C=O) groups excluding carboxylic acids is 3. The summed E-state index contributed by atoms with van der Waals surface area (Å²) in [7, 11) is 2.91. The van der Waals surface area contributed by atoms with Crippen LogP contribution < -0.4 is 15.5 Å². The van der Waals surface area contributed by atoms with E-state index in [1.807, 2.05) is 24.3 Å². The van der Waals surface area contributed by atoms with Crippen LogP contribution in [0.3, 0.4) is 0 Å². The number of nitrogens with one attached hydrogen (secondary N) is 2. The summed E-state index contributed by atoms with van der Waals surface area (Å²) in [4.78, 5) is 42.9. The van der Waals surface area contributed by atoms with Gasteiger partial charge < -0.3 is 15.0 Å². The Bertz CT molecular complexity index is 1100. The third kappa shape index (κ3) is 5.72. The number of carbonyl (C=O) groups is 3. The molecule has 0 aliphatic rings. The van der Waals surface area contributed by atoms with Gasteiger partial charge in [0.25, 0.3) is 17.7 Å². The number of likely N-dealkylation sites (N-methyl/N-ethyl adjacent to an activating group) is 1. The van der Waals surface area contributed by atoms with Crippen molar-refractivity contribution < 1.29 is 24.3 Å². The Labute approximate surface area is 191 Å². The quantitative estimate of drug-likeness (QED) is 0.275. The third-order valence-electron chi connectivity index (χ3n) is 5.04. The van der Waals surface area contributed by atoms with E-state index in [1.165, 1.54) is 12.5 Å². The molecule has 0 saturated heterocycles. The molecular weight excluding hydrogens is 424 g/mol. The maximum atomic E-state index is 13.0. The second-order valence-corrected chi connectivity index (χ2v) is 7.14. The van der Waals surface area contributed by atoms with Gasteiger partial charge in [-0.3, -0.25) is 24.6 Å². The van der Waals surface area contributed by atoms with Gasteiger partial charge in [0.1, 0.15) is 5.75 Å². The molecule has 1 aromatic heterocycles. The minimum atomic E-state index is -1.58. The lowest BCUT2D eigenvalue weighted by atomic mass is 10.0. The van der Waals surface area contributed by atoms with Gasteiger partial charge in [-0.15, -0.1) is 0 Å². The van der Waals surface area contributed by atoms with E-state index in [1.54, 1.807) is 55.8 Å². The van der Waals surface area contributed by atoms with Crippen LogP contribution in [0, 0.1) is 0 Å². The number of ether oxygens (including phenoxy) is 1. The molecule has 3 amide bonds. The van der Waals surface area contributed by atoms with Crippen LogP contribution in [0.1, 0.15) is 16.1 Å². The lowest BCUT2D eigenvalue weighted by Crippen LogP contribution is -2.55. The first kappa shape index (κ1) is 23.4. The molecule has 1 unspecified atom stereocenters. The lowest BCUT2D eigenvalue weighted by molar-refractivity contribution is -0.141. The molecule has 3 rings (SSSR count). The molecule has 0 saturated carbocycles. The van der Waals surface area contributed by atoms with Crippen molar-refractivity contribution >= 4 is 17.7 Å². The molecule has 1 heterocycles. The number of hydroxylamine groups is 1. The molecule has 9 nitrogen and oxygen atoms in total. The van der Waals surface area contributed by atoms with Crippen LogP contribution in [-0.2, 0) is 16.1 Å². The molecule has 2 aromatic carbocycles. The minimum Gasteiger partial charge on any atom is -0.497 e.